The monoisotopic (exact) mass is 382 g/mol. The number of hydrogen-bond acceptors (Lipinski definition) is 5. The van der Waals surface area contributed by atoms with E-state index in [1.807, 2.05) is 54.6 Å². The summed E-state index contributed by atoms with van der Waals surface area (Å²) in [5.41, 5.74) is 1.75. The van der Waals surface area contributed by atoms with Gasteiger partial charge in [0.1, 0.15) is 0 Å². The fraction of sp³-hybridized carbons (Fsp3) is 0.286. The van der Waals surface area contributed by atoms with E-state index in [2.05, 4.69) is 4.98 Å². The molecule has 5 nitrogen and oxygen atoms in total. The molecular formula is C21H22N2O3S. The number of carbonyl (C=O) groups excluding carboxylic acids is 2. The van der Waals surface area contributed by atoms with Gasteiger partial charge in [-0.1, -0.05) is 30.3 Å². The lowest BCUT2D eigenvalue weighted by Crippen LogP contribution is -2.37. The number of nitrogens with zero attached hydrogens (tertiary/aromatic N) is 2. The van der Waals surface area contributed by atoms with Gasteiger partial charge in [-0.05, 0) is 44.0 Å². The van der Waals surface area contributed by atoms with Crippen molar-refractivity contribution < 1.29 is 14.3 Å². The van der Waals surface area contributed by atoms with E-state index in [0.29, 0.717) is 6.42 Å². The number of anilines is 1. The summed E-state index contributed by atoms with van der Waals surface area (Å²) in [5.74, 6) is -0.612. The van der Waals surface area contributed by atoms with Crippen LogP contribution >= 0.6 is 11.3 Å². The van der Waals surface area contributed by atoms with E-state index >= 15 is 0 Å². The number of aryl methyl sites for hydroxylation is 1. The summed E-state index contributed by atoms with van der Waals surface area (Å²) in [4.78, 5) is 30.5. The number of likely N-dealkylation sites (N-methyl/N-ethyl adjacent to an activating group) is 1. The summed E-state index contributed by atoms with van der Waals surface area (Å²) in [6, 6.07) is 17.3. The van der Waals surface area contributed by atoms with Crippen molar-refractivity contribution in [3.05, 3.63) is 59.6 Å². The average molecular weight is 382 g/mol. The van der Waals surface area contributed by atoms with Crippen LogP contribution in [0.5, 0.6) is 0 Å². The van der Waals surface area contributed by atoms with Gasteiger partial charge in [-0.25, -0.2) is 4.98 Å². The Kier molecular flexibility index (Phi) is 6.19. The molecule has 0 fully saturated rings. The van der Waals surface area contributed by atoms with E-state index in [0.717, 1.165) is 27.3 Å². The number of aromatic nitrogens is 1. The van der Waals surface area contributed by atoms with Crippen molar-refractivity contribution in [1.29, 1.82) is 0 Å². The van der Waals surface area contributed by atoms with Crippen LogP contribution in [0.4, 0.5) is 5.69 Å². The van der Waals surface area contributed by atoms with Crippen LogP contribution in [0.15, 0.2) is 54.6 Å². The van der Waals surface area contributed by atoms with Crippen LogP contribution in [0, 0.1) is 0 Å². The van der Waals surface area contributed by atoms with E-state index in [9.17, 15) is 9.59 Å². The molecule has 0 bridgehead atoms. The number of benzene rings is 2. The Hall–Kier alpha value is -2.73. The third-order valence-corrected chi connectivity index (χ3v) is 5.34. The molecule has 1 amide bonds. The number of hydrogen-bond donors (Lipinski definition) is 0. The highest BCUT2D eigenvalue weighted by Gasteiger charge is 2.22. The number of fused-ring (bicyclic) bond motifs is 1. The Balaban J connectivity index is 1.46. The SMILES string of the molecule is CC(OC(=O)CCCc1nc2ccccc2s1)C(=O)N(C)c1ccccc1. The molecule has 0 spiro atoms. The van der Waals surface area contributed by atoms with Gasteiger partial charge in [-0.3, -0.25) is 9.59 Å². The number of esters is 1. The summed E-state index contributed by atoms with van der Waals surface area (Å²) >= 11 is 1.65. The maximum absolute atomic E-state index is 12.4. The zero-order valence-corrected chi connectivity index (χ0v) is 16.2. The molecule has 0 aliphatic carbocycles. The fourth-order valence-electron chi connectivity index (χ4n) is 2.77. The topological polar surface area (TPSA) is 59.5 Å². The molecule has 6 heteroatoms. The van der Waals surface area contributed by atoms with E-state index in [4.69, 9.17) is 4.74 Å². The highest BCUT2D eigenvalue weighted by molar-refractivity contribution is 7.18. The van der Waals surface area contributed by atoms with Crippen LogP contribution in [0.1, 0.15) is 24.8 Å². The Bertz CT molecular complexity index is 890. The average Bonchev–Trinajstić information content (AvgIpc) is 3.10. The summed E-state index contributed by atoms with van der Waals surface area (Å²) in [6.07, 6.45) is 0.822. The standard InChI is InChI=1S/C21H22N2O3S/c1-15(21(25)23(2)16-9-4-3-5-10-16)26-20(24)14-8-13-19-22-17-11-6-7-12-18(17)27-19/h3-7,9-12,15H,8,13-14H2,1-2H3. The first-order chi connectivity index (χ1) is 13.0. The molecule has 2 aromatic carbocycles. The Morgan fingerprint density at radius 1 is 1.11 bits per heavy atom. The number of para-hydroxylation sites is 2. The summed E-state index contributed by atoms with van der Waals surface area (Å²) < 4.78 is 6.46. The van der Waals surface area contributed by atoms with Crippen molar-refractivity contribution in [2.75, 3.05) is 11.9 Å². The van der Waals surface area contributed by atoms with E-state index in [-0.39, 0.29) is 18.3 Å². The molecule has 3 rings (SSSR count). The van der Waals surface area contributed by atoms with Crippen LogP contribution < -0.4 is 4.90 Å². The second kappa shape index (κ2) is 8.77. The van der Waals surface area contributed by atoms with E-state index in [1.54, 1.807) is 25.3 Å². The minimum Gasteiger partial charge on any atom is -0.453 e. The van der Waals surface area contributed by atoms with E-state index < -0.39 is 6.10 Å². The van der Waals surface area contributed by atoms with Gasteiger partial charge < -0.3 is 9.64 Å². The van der Waals surface area contributed by atoms with Crippen LogP contribution in [-0.2, 0) is 20.7 Å². The van der Waals surface area contributed by atoms with Crippen molar-refractivity contribution in [2.45, 2.75) is 32.3 Å². The number of ether oxygens (including phenoxy) is 1. The molecule has 0 N–H and O–H groups in total. The first-order valence-electron chi connectivity index (χ1n) is 8.91. The van der Waals surface area contributed by atoms with Crippen molar-refractivity contribution in [3.8, 4) is 0 Å². The highest BCUT2D eigenvalue weighted by Crippen LogP contribution is 2.22. The molecule has 140 valence electrons. The van der Waals surface area contributed by atoms with Gasteiger partial charge in [0, 0.05) is 19.2 Å². The molecule has 0 aliphatic rings. The normalized spacial score (nSPS) is 11.9. The molecule has 1 unspecified atom stereocenters. The quantitative estimate of drug-likeness (QED) is 0.574. The van der Waals surface area contributed by atoms with Gasteiger partial charge in [-0.2, -0.15) is 0 Å². The minimum atomic E-state index is -0.815. The molecule has 0 radical (unpaired) electrons. The summed E-state index contributed by atoms with van der Waals surface area (Å²) in [6.45, 7) is 1.60. The first kappa shape index (κ1) is 19.0. The third-order valence-electron chi connectivity index (χ3n) is 4.24. The van der Waals surface area contributed by atoms with Gasteiger partial charge in [0.15, 0.2) is 6.10 Å². The smallest absolute Gasteiger partial charge is 0.306 e. The van der Waals surface area contributed by atoms with Gasteiger partial charge >= 0.3 is 5.97 Å². The largest absolute Gasteiger partial charge is 0.453 e. The lowest BCUT2D eigenvalue weighted by molar-refractivity contribution is -0.153. The number of rotatable bonds is 7. The van der Waals surface area contributed by atoms with Crippen molar-refractivity contribution in [3.63, 3.8) is 0 Å². The first-order valence-corrected chi connectivity index (χ1v) is 9.73. The molecular weight excluding hydrogens is 360 g/mol. The number of carbonyl (C=O) groups is 2. The zero-order chi connectivity index (χ0) is 19.2. The maximum Gasteiger partial charge on any atom is 0.306 e. The van der Waals surface area contributed by atoms with Crippen molar-refractivity contribution >= 4 is 39.1 Å². The maximum atomic E-state index is 12.4. The summed E-state index contributed by atoms with van der Waals surface area (Å²) in [7, 11) is 1.68. The summed E-state index contributed by atoms with van der Waals surface area (Å²) in [5, 5.41) is 1.01. The molecule has 3 aromatic rings. The molecule has 0 aliphatic heterocycles. The zero-order valence-electron chi connectivity index (χ0n) is 15.4. The highest BCUT2D eigenvalue weighted by atomic mass is 32.1. The van der Waals surface area contributed by atoms with Crippen LogP contribution in [0.3, 0.4) is 0 Å². The molecule has 27 heavy (non-hydrogen) atoms. The molecule has 0 saturated carbocycles. The Labute approximate surface area is 162 Å². The third kappa shape index (κ3) is 4.92. The van der Waals surface area contributed by atoms with Gasteiger partial charge in [0.05, 0.1) is 15.2 Å². The predicted molar refractivity (Wildman–Crippen MR) is 108 cm³/mol. The fourth-order valence-corrected chi connectivity index (χ4v) is 3.78. The minimum absolute atomic E-state index is 0.249. The predicted octanol–water partition coefficient (Wildman–Crippen LogP) is 4.21. The molecule has 1 atom stereocenters. The molecule has 1 heterocycles. The van der Waals surface area contributed by atoms with Gasteiger partial charge in [0.2, 0.25) is 0 Å². The van der Waals surface area contributed by atoms with Crippen LogP contribution in [-0.4, -0.2) is 30.0 Å². The number of amides is 1. The van der Waals surface area contributed by atoms with E-state index in [1.165, 1.54) is 4.90 Å². The molecule has 0 saturated heterocycles. The van der Waals surface area contributed by atoms with Gasteiger partial charge in [0.25, 0.3) is 5.91 Å². The van der Waals surface area contributed by atoms with Crippen molar-refractivity contribution in [1.82, 2.24) is 4.98 Å². The van der Waals surface area contributed by atoms with Crippen LogP contribution in [0.25, 0.3) is 10.2 Å². The Morgan fingerprint density at radius 3 is 2.56 bits per heavy atom. The second-order valence-corrected chi connectivity index (χ2v) is 7.41. The van der Waals surface area contributed by atoms with Gasteiger partial charge in [-0.15, -0.1) is 11.3 Å². The molecule has 1 aromatic heterocycles. The van der Waals surface area contributed by atoms with Crippen LogP contribution in [0.2, 0.25) is 0 Å². The number of thiazole rings is 1. The lowest BCUT2D eigenvalue weighted by Gasteiger charge is -2.21. The second-order valence-electron chi connectivity index (χ2n) is 6.29. The lowest BCUT2D eigenvalue weighted by atomic mass is 10.2. The Morgan fingerprint density at radius 2 is 1.81 bits per heavy atom. The van der Waals surface area contributed by atoms with Crippen molar-refractivity contribution in [2.24, 2.45) is 0 Å².